The minimum Gasteiger partial charge on any atom is -0.342 e. The van der Waals surface area contributed by atoms with Crippen molar-refractivity contribution in [1.82, 2.24) is 9.21 Å². The Morgan fingerprint density at radius 3 is 2.21 bits per heavy atom. The first kappa shape index (κ1) is 24.0. The first-order valence-corrected chi connectivity index (χ1v) is 13.6. The van der Waals surface area contributed by atoms with Gasteiger partial charge in [0.2, 0.25) is 15.9 Å². The fourth-order valence-corrected chi connectivity index (χ4v) is 7.56. The monoisotopic (exact) mass is 468 g/mol. The SMILES string of the molecule is Cc1cc(C)c(S(=O)(=O)N2CCC[C@@H](C(=O)N3CCC(Cc4ccccc4)CC3)C2)c(C)c1. The van der Waals surface area contributed by atoms with Crippen LogP contribution in [0.5, 0.6) is 0 Å². The Labute approximate surface area is 198 Å². The second-order valence-corrected chi connectivity index (χ2v) is 11.8. The van der Waals surface area contributed by atoms with Crippen LogP contribution >= 0.6 is 0 Å². The minimum atomic E-state index is -3.62. The van der Waals surface area contributed by atoms with Crippen molar-refractivity contribution in [2.75, 3.05) is 26.2 Å². The summed E-state index contributed by atoms with van der Waals surface area (Å²) in [6.45, 7) is 8.02. The van der Waals surface area contributed by atoms with Crippen molar-refractivity contribution in [2.24, 2.45) is 11.8 Å². The molecule has 6 heteroatoms. The van der Waals surface area contributed by atoms with Crippen LogP contribution in [0, 0.1) is 32.6 Å². The second-order valence-electron chi connectivity index (χ2n) is 9.89. The molecule has 0 aromatic heterocycles. The molecular formula is C27H36N2O3S. The van der Waals surface area contributed by atoms with Gasteiger partial charge in [0.1, 0.15) is 0 Å². The summed E-state index contributed by atoms with van der Waals surface area (Å²) in [6.07, 6.45) is 4.58. The quantitative estimate of drug-likeness (QED) is 0.650. The van der Waals surface area contributed by atoms with E-state index in [2.05, 4.69) is 24.3 Å². The molecule has 0 N–H and O–H groups in total. The molecule has 2 aliphatic heterocycles. The predicted molar refractivity (Wildman–Crippen MR) is 132 cm³/mol. The van der Waals surface area contributed by atoms with Gasteiger partial charge in [-0.1, -0.05) is 48.0 Å². The lowest BCUT2D eigenvalue weighted by atomic mass is 9.89. The molecule has 0 radical (unpaired) electrons. The topological polar surface area (TPSA) is 57.7 Å². The number of likely N-dealkylation sites (tertiary alicyclic amines) is 1. The second kappa shape index (κ2) is 9.98. The normalized spacial score (nSPS) is 20.7. The highest BCUT2D eigenvalue weighted by molar-refractivity contribution is 7.89. The van der Waals surface area contributed by atoms with Crippen LogP contribution in [0.4, 0.5) is 0 Å². The molecule has 2 aromatic carbocycles. The Balaban J connectivity index is 1.39. The first-order valence-electron chi connectivity index (χ1n) is 12.2. The number of benzene rings is 2. The van der Waals surface area contributed by atoms with Crippen molar-refractivity contribution in [2.45, 2.75) is 57.8 Å². The predicted octanol–water partition coefficient (Wildman–Crippen LogP) is 4.49. The van der Waals surface area contributed by atoms with Gasteiger partial charge >= 0.3 is 0 Å². The highest BCUT2D eigenvalue weighted by Crippen LogP contribution is 2.30. The number of aryl methyl sites for hydroxylation is 3. The molecule has 33 heavy (non-hydrogen) atoms. The van der Waals surface area contributed by atoms with Crippen molar-refractivity contribution in [3.05, 3.63) is 64.7 Å². The van der Waals surface area contributed by atoms with Gasteiger partial charge in [0.05, 0.1) is 10.8 Å². The molecule has 0 spiro atoms. The lowest BCUT2D eigenvalue weighted by molar-refractivity contribution is -0.138. The van der Waals surface area contributed by atoms with Crippen LogP contribution in [0.1, 0.15) is 47.9 Å². The van der Waals surface area contributed by atoms with E-state index in [0.29, 0.717) is 17.4 Å². The largest absolute Gasteiger partial charge is 0.342 e. The minimum absolute atomic E-state index is 0.130. The van der Waals surface area contributed by atoms with Crippen LogP contribution in [-0.4, -0.2) is 49.7 Å². The van der Waals surface area contributed by atoms with E-state index in [1.807, 2.05) is 43.9 Å². The molecule has 2 heterocycles. The van der Waals surface area contributed by atoms with E-state index >= 15 is 0 Å². The molecular weight excluding hydrogens is 432 g/mol. The maximum Gasteiger partial charge on any atom is 0.243 e. The van der Waals surface area contributed by atoms with Gasteiger partial charge < -0.3 is 4.90 Å². The Morgan fingerprint density at radius 2 is 1.58 bits per heavy atom. The van der Waals surface area contributed by atoms with Crippen molar-refractivity contribution in [3.8, 4) is 0 Å². The molecule has 0 unspecified atom stereocenters. The van der Waals surface area contributed by atoms with Crippen molar-refractivity contribution in [1.29, 1.82) is 0 Å². The Hall–Kier alpha value is -2.18. The summed E-state index contributed by atoms with van der Waals surface area (Å²) >= 11 is 0. The summed E-state index contributed by atoms with van der Waals surface area (Å²) in [5.41, 5.74) is 3.98. The van der Waals surface area contributed by atoms with Crippen LogP contribution in [0.2, 0.25) is 0 Å². The lowest BCUT2D eigenvalue weighted by Gasteiger charge is -2.37. The van der Waals surface area contributed by atoms with E-state index in [-0.39, 0.29) is 18.4 Å². The standard InChI is InChI=1S/C27H36N2O3S/c1-20-16-21(2)26(22(3)17-20)33(31,32)29-13-7-10-25(19-29)27(30)28-14-11-24(12-15-28)18-23-8-5-4-6-9-23/h4-6,8-9,16-17,24-25H,7,10-15,18-19H2,1-3H3/t25-/m1/s1. The van der Waals surface area contributed by atoms with Crippen LogP contribution in [0.15, 0.2) is 47.4 Å². The molecule has 0 saturated carbocycles. The lowest BCUT2D eigenvalue weighted by Crippen LogP contribution is -2.48. The van der Waals surface area contributed by atoms with E-state index < -0.39 is 10.0 Å². The highest BCUT2D eigenvalue weighted by atomic mass is 32.2. The van der Waals surface area contributed by atoms with Gasteiger partial charge in [-0.2, -0.15) is 4.31 Å². The van der Waals surface area contributed by atoms with Crippen LogP contribution in [-0.2, 0) is 21.2 Å². The number of sulfonamides is 1. The van der Waals surface area contributed by atoms with Crippen LogP contribution in [0.3, 0.4) is 0 Å². The summed E-state index contributed by atoms with van der Waals surface area (Å²) < 4.78 is 28.6. The number of nitrogens with zero attached hydrogens (tertiary/aromatic N) is 2. The summed E-state index contributed by atoms with van der Waals surface area (Å²) in [7, 11) is -3.62. The van der Waals surface area contributed by atoms with Crippen molar-refractivity contribution < 1.29 is 13.2 Å². The summed E-state index contributed by atoms with van der Waals surface area (Å²) in [5.74, 6) is 0.489. The molecule has 4 rings (SSSR count). The number of carbonyl (C=O) groups is 1. The van der Waals surface area contributed by atoms with Gasteiger partial charge in [-0.05, 0) is 75.5 Å². The van der Waals surface area contributed by atoms with Gasteiger partial charge in [0.15, 0.2) is 0 Å². The average Bonchev–Trinajstić information content (AvgIpc) is 2.79. The van der Waals surface area contributed by atoms with Crippen molar-refractivity contribution >= 4 is 15.9 Å². The van der Waals surface area contributed by atoms with Gasteiger partial charge in [0.25, 0.3) is 0 Å². The Kier molecular flexibility index (Phi) is 7.25. The average molecular weight is 469 g/mol. The zero-order valence-corrected chi connectivity index (χ0v) is 20.9. The molecule has 2 aromatic rings. The van der Waals surface area contributed by atoms with E-state index in [0.717, 1.165) is 61.9 Å². The van der Waals surface area contributed by atoms with Gasteiger partial charge in [0, 0.05) is 26.2 Å². The van der Waals surface area contributed by atoms with Crippen LogP contribution in [0.25, 0.3) is 0 Å². The third-order valence-electron chi connectivity index (χ3n) is 7.23. The molecule has 2 fully saturated rings. The number of rotatable bonds is 5. The number of hydrogen-bond donors (Lipinski definition) is 0. The molecule has 1 atom stereocenters. The zero-order chi connectivity index (χ0) is 23.6. The van der Waals surface area contributed by atoms with Crippen LogP contribution < -0.4 is 0 Å². The third kappa shape index (κ3) is 5.33. The van der Waals surface area contributed by atoms with E-state index in [4.69, 9.17) is 0 Å². The maximum absolute atomic E-state index is 13.5. The maximum atomic E-state index is 13.5. The summed E-state index contributed by atoms with van der Waals surface area (Å²) in [4.78, 5) is 15.7. The van der Waals surface area contributed by atoms with Crippen molar-refractivity contribution in [3.63, 3.8) is 0 Å². The number of amides is 1. The highest BCUT2D eigenvalue weighted by Gasteiger charge is 2.37. The number of piperidine rings is 2. The molecule has 0 bridgehead atoms. The molecule has 178 valence electrons. The van der Waals surface area contributed by atoms with E-state index in [1.165, 1.54) is 5.56 Å². The molecule has 1 amide bonds. The molecule has 5 nitrogen and oxygen atoms in total. The molecule has 0 aliphatic carbocycles. The van der Waals surface area contributed by atoms with Gasteiger partial charge in [-0.3, -0.25) is 4.79 Å². The molecule has 2 aliphatic rings. The fourth-order valence-electron chi connectivity index (χ4n) is 5.63. The van der Waals surface area contributed by atoms with Gasteiger partial charge in [-0.25, -0.2) is 8.42 Å². The Bertz CT molecular complexity index is 1070. The smallest absolute Gasteiger partial charge is 0.243 e. The third-order valence-corrected chi connectivity index (χ3v) is 9.40. The number of carbonyl (C=O) groups excluding carboxylic acids is 1. The zero-order valence-electron chi connectivity index (χ0n) is 20.1. The first-order chi connectivity index (χ1) is 15.8. The summed E-state index contributed by atoms with van der Waals surface area (Å²) in [5, 5.41) is 0. The van der Waals surface area contributed by atoms with Gasteiger partial charge in [-0.15, -0.1) is 0 Å². The number of hydrogen-bond acceptors (Lipinski definition) is 3. The fraction of sp³-hybridized carbons (Fsp3) is 0.519. The molecule has 2 saturated heterocycles. The van der Waals surface area contributed by atoms with E-state index in [1.54, 1.807) is 4.31 Å². The van der Waals surface area contributed by atoms with E-state index in [9.17, 15) is 13.2 Å². The Morgan fingerprint density at radius 1 is 0.939 bits per heavy atom. The summed E-state index contributed by atoms with van der Waals surface area (Å²) in [6, 6.07) is 14.4.